The van der Waals surface area contributed by atoms with Crippen LogP contribution in [0.5, 0.6) is 17.2 Å². The molecule has 0 spiro atoms. The molecule has 60 heavy (non-hydrogen) atoms. The lowest BCUT2D eigenvalue weighted by atomic mass is 9.72. The number of fused-ring (bicyclic) bond motifs is 7. The second-order valence-electron chi connectivity index (χ2n) is 17.4. The maximum atomic E-state index is 6.20. The van der Waals surface area contributed by atoms with Crippen LogP contribution in [0, 0.1) is 0 Å². The van der Waals surface area contributed by atoms with Gasteiger partial charge in [-0.25, -0.2) is 4.98 Å². The van der Waals surface area contributed by atoms with Crippen LogP contribution in [0.1, 0.15) is 55.4 Å². The zero-order valence-electron chi connectivity index (χ0n) is 36.2. The summed E-state index contributed by atoms with van der Waals surface area (Å²) in [6.07, 6.45) is 0. The quantitative estimate of drug-likeness (QED) is 0.120. The smallest absolute Gasteiger partial charge is 0.497 e. The molecule has 0 unspecified atom stereocenters. The third-order valence-corrected chi connectivity index (χ3v) is 13.8. The van der Waals surface area contributed by atoms with Gasteiger partial charge in [0, 0.05) is 37.7 Å². The highest BCUT2D eigenvalue weighted by molar-refractivity contribution is 9.10. The summed E-state index contributed by atoms with van der Waals surface area (Å²) in [4.78, 5) is 5.24. The maximum Gasteiger partial charge on any atom is 0.498 e. The van der Waals surface area contributed by atoms with E-state index in [0.717, 1.165) is 64.2 Å². The number of nitrogens with zero attached hydrogens (tertiary/aromatic N) is 2. The minimum Gasteiger partial charge on any atom is -0.497 e. The second-order valence-corrected chi connectivity index (χ2v) is 19.3. The molecule has 310 valence electrons. The molecule has 0 saturated carbocycles. The molecule has 9 rings (SSSR count). The first-order chi connectivity index (χ1) is 28.3. The van der Waals surface area contributed by atoms with E-state index in [1.165, 1.54) is 16.2 Å². The molecule has 7 aromatic rings. The molecule has 2 aliphatic rings. The fourth-order valence-electron chi connectivity index (χ4n) is 8.02. The summed E-state index contributed by atoms with van der Waals surface area (Å²) in [5, 5.41) is 6.99. The molecule has 9 nitrogen and oxygen atoms in total. The normalized spacial score (nSPS) is 17.7. The summed E-state index contributed by atoms with van der Waals surface area (Å²) in [6, 6.07) is 29.2. The van der Waals surface area contributed by atoms with Crippen molar-refractivity contribution in [1.29, 1.82) is 0 Å². The number of rotatable bonds is 6. The average molecular weight is 936 g/mol. The van der Waals surface area contributed by atoms with Gasteiger partial charge in [-0.2, -0.15) is 0 Å². The molecule has 2 aliphatic heterocycles. The topological polar surface area (TPSA) is 82.4 Å². The predicted octanol–water partition coefficient (Wildman–Crippen LogP) is 10.5. The highest BCUT2D eigenvalue weighted by Gasteiger charge is 2.55. The van der Waals surface area contributed by atoms with Crippen molar-refractivity contribution in [2.75, 3.05) is 21.3 Å². The van der Waals surface area contributed by atoms with Crippen molar-refractivity contribution in [3.8, 4) is 28.6 Å². The first-order valence-electron chi connectivity index (χ1n) is 20.0. The molecule has 0 aliphatic carbocycles. The summed E-state index contributed by atoms with van der Waals surface area (Å²) in [5.74, 6) is 2.99. The number of methoxy groups -OCH3 is 3. The van der Waals surface area contributed by atoms with E-state index in [0.29, 0.717) is 11.5 Å². The number of imidazole rings is 1. The molecule has 1 aromatic heterocycles. The Bertz CT molecular complexity index is 2730. The molecule has 0 atom stereocenters. The van der Waals surface area contributed by atoms with Gasteiger partial charge in [0.1, 0.15) is 23.1 Å². The average Bonchev–Trinajstić information content (AvgIpc) is 3.75. The van der Waals surface area contributed by atoms with Crippen LogP contribution < -0.4 is 25.1 Å². The molecule has 0 amide bonds. The largest absolute Gasteiger partial charge is 0.498 e. The fourth-order valence-corrected chi connectivity index (χ4v) is 8.74. The predicted molar refractivity (Wildman–Crippen MR) is 252 cm³/mol. The Morgan fingerprint density at radius 2 is 1.00 bits per heavy atom. The zero-order chi connectivity index (χ0) is 43.1. The van der Waals surface area contributed by atoms with Gasteiger partial charge in [-0.3, -0.25) is 0 Å². The van der Waals surface area contributed by atoms with Crippen LogP contribution in [-0.4, -0.2) is 67.5 Å². The summed E-state index contributed by atoms with van der Waals surface area (Å²) >= 11 is 7.33. The van der Waals surface area contributed by atoms with Crippen molar-refractivity contribution in [1.82, 2.24) is 9.55 Å². The lowest BCUT2D eigenvalue weighted by Crippen LogP contribution is -2.41. The van der Waals surface area contributed by atoms with Crippen LogP contribution in [0.15, 0.2) is 93.9 Å². The minimum absolute atomic E-state index is 0.444. The van der Waals surface area contributed by atoms with Crippen LogP contribution in [0.2, 0.25) is 0 Å². The van der Waals surface area contributed by atoms with E-state index in [1.807, 2.05) is 73.6 Å². The number of aryl methyl sites for hydroxylation is 1. The Morgan fingerprint density at radius 1 is 0.533 bits per heavy atom. The monoisotopic (exact) mass is 934 g/mol. The van der Waals surface area contributed by atoms with Gasteiger partial charge in [0.05, 0.1) is 60.3 Å². The van der Waals surface area contributed by atoms with Crippen molar-refractivity contribution >= 4 is 100 Å². The second kappa shape index (κ2) is 15.4. The lowest BCUT2D eigenvalue weighted by molar-refractivity contribution is 0.00578. The molecule has 13 heteroatoms. The standard InChI is InChI=1S/C27H18Br2N2O.C20H32B2O6/c1-31-26-22-14-17(29)9-11-20(22)19-10-8-16(28)13-21(19)25(26)30-27(31)24-18-6-4-3-5-15(18)7-12-23(24)32-2;1-17(2)18(3,4)26-21(25-17)13-11-16(24-10)14(12-15(13)23-9)22-27-19(5,6)20(7,8)28-22/h3-14H,1-2H3;11-12H,1-10H3. The van der Waals surface area contributed by atoms with Crippen LogP contribution in [0.3, 0.4) is 0 Å². The van der Waals surface area contributed by atoms with Gasteiger partial charge in [-0.1, -0.05) is 74.3 Å². The minimum atomic E-state index is -0.554. The fraction of sp³-hybridized carbons (Fsp3) is 0.340. The zero-order valence-corrected chi connectivity index (χ0v) is 39.4. The van der Waals surface area contributed by atoms with E-state index < -0.39 is 36.6 Å². The van der Waals surface area contributed by atoms with Gasteiger partial charge >= 0.3 is 14.2 Å². The van der Waals surface area contributed by atoms with Crippen LogP contribution >= 0.6 is 31.9 Å². The molecular formula is C47H50B2Br2N2O7. The van der Waals surface area contributed by atoms with Crippen molar-refractivity contribution in [2.45, 2.75) is 77.8 Å². The van der Waals surface area contributed by atoms with Gasteiger partial charge in [0.2, 0.25) is 0 Å². The number of aromatic nitrogens is 2. The first-order valence-corrected chi connectivity index (χ1v) is 21.6. The summed E-state index contributed by atoms with van der Waals surface area (Å²) in [7, 11) is 5.96. The van der Waals surface area contributed by atoms with Crippen LogP contribution in [0.4, 0.5) is 0 Å². The van der Waals surface area contributed by atoms with E-state index in [9.17, 15) is 0 Å². The highest BCUT2D eigenvalue weighted by atomic mass is 79.9. The van der Waals surface area contributed by atoms with E-state index in [1.54, 1.807) is 21.3 Å². The molecule has 0 bridgehead atoms. The molecule has 6 aromatic carbocycles. The van der Waals surface area contributed by atoms with Gasteiger partial charge in [-0.05, 0) is 119 Å². The van der Waals surface area contributed by atoms with E-state index in [2.05, 4.69) is 110 Å². The molecular weight excluding hydrogens is 886 g/mol. The van der Waals surface area contributed by atoms with Crippen molar-refractivity contribution in [3.63, 3.8) is 0 Å². The van der Waals surface area contributed by atoms with Gasteiger partial charge in [-0.15, -0.1) is 0 Å². The molecule has 2 fully saturated rings. The molecule has 3 heterocycles. The van der Waals surface area contributed by atoms with Gasteiger partial charge in [0.25, 0.3) is 0 Å². The Hall–Kier alpha value is -4.10. The number of ether oxygens (including phenoxy) is 3. The van der Waals surface area contributed by atoms with E-state index in [-0.39, 0.29) is 0 Å². The van der Waals surface area contributed by atoms with Gasteiger partial charge in [0.15, 0.2) is 0 Å². The van der Waals surface area contributed by atoms with Crippen molar-refractivity contribution < 1.29 is 32.8 Å². The summed E-state index contributed by atoms with van der Waals surface area (Å²) in [6.45, 7) is 16.2. The Morgan fingerprint density at radius 3 is 1.50 bits per heavy atom. The molecule has 2 saturated heterocycles. The Kier molecular flexibility index (Phi) is 10.9. The van der Waals surface area contributed by atoms with Crippen LogP contribution in [-0.2, 0) is 25.7 Å². The van der Waals surface area contributed by atoms with Crippen molar-refractivity contribution in [3.05, 3.63) is 93.9 Å². The number of benzene rings is 6. The van der Waals surface area contributed by atoms with Crippen LogP contribution in [0.25, 0.3) is 54.7 Å². The third kappa shape index (κ3) is 7.09. The van der Waals surface area contributed by atoms with E-state index in [4.69, 9.17) is 37.8 Å². The SMILES string of the molecule is COc1cc(B2OC(C)(C)C(C)(C)O2)c(OC)cc1B1OC(C)(C)C(C)(C)O1.COc1ccc2ccccc2c1-c1nc2c3cc(Br)ccc3c3ccc(Br)cc3c2n1C. The van der Waals surface area contributed by atoms with Crippen molar-refractivity contribution in [2.24, 2.45) is 7.05 Å². The Labute approximate surface area is 369 Å². The first kappa shape index (κ1) is 42.6. The third-order valence-electron chi connectivity index (χ3n) is 12.8. The number of hydrogen-bond donors (Lipinski definition) is 0. The maximum absolute atomic E-state index is 6.20. The molecule has 0 radical (unpaired) electrons. The highest BCUT2D eigenvalue weighted by Crippen LogP contribution is 2.43. The van der Waals surface area contributed by atoms with E-state index >= 15 is 0 Å². The Balaban J connectivity index is 0.000000168. The lowest BCUT2D eigenvalue weighted by Gasteiger charge is -2.32. The summed E-state index contributed by atoms with van der Waals surface area (Å²) < 4.78 is 46.3. The van der Waals surface area contributed by atoms with Gasteiger partial charge < -0.3 is 37.4 Å². The molecule has 0 N–H and O–H groups in total. The summed E-state index contributed by atoms with van der Waals surface area (Å²) in [5.41, 5.74) is 2.88. The number of hydrogen-bond acceptors (Lipinski definition) is 8. The number of halogens is 2.